The van der Waals surface area contributed by atoms with Gasteiger partial charge in [0.05, 0.1) is 6.61 Å². The van der Waals surface area contributed by atoms with E-state index in [9.17, 15) is 9.59 Å². The van der Waals surface area contributed by atoms with Crippen molar-refractivity contribution in [1.29, 1.82) is 0 Å². The molecule has 0 aromatic rings. The van der Waals surface area contributed by atoms with Crippen LogP contribution in [0.15, 0.2) is 11.6 Å². The quantitative estimate of drug-likeness (QED) is 0.494. The fourth-order valence-electron chi connectivity index (χ4n) is 2.44. The molecule has 0 aromatic heterocycles. The van der Waals surface area contributed by atoms with Gasteiger partial charge in [0, 0.05) is 5.92 Å². The van der Waals surface area contributed by atoms with Crippen LogP contribution in [0.1, 0.15) is 26.2 Å². The Morgan fingerprint density at radius 3 is 3.14 bits per heavy atom. The number of hydrogen-bond donors (Lipinski definition) is 0. The molecule has 0 spiro atoms. The second kappa shape index (κ2) is 3.56. The summed E-state index contributed by atoms with van der Waals surface area (Å²) in [5, 5.41) is 0. The van der Waals surface area contributed by atoms with Gasteiger partial charge in [-0.15, -0.1) is 0 Å². The first kappa shape index (κ1) is 9.44. The summed E-state index contributed by atoms with van der Waals surface area (Å²) in [5.74, 6) is -0.757. The van der Waals surface area contributed by atoms with E-state index in [1.54, 1.807) is 13.0 Å². The molecular weight excluding hydrogens is 180 g/mol. The smallest absolute Gasteiger partial charge is 0.317 e. The Labute approximate surface area is 83.1 Å². The molecule has 0 amide bonds. The van der Waals surface area contributed by atoms with Crippen LogP contribution in [0.5, 0.6) is 0 Å². The molecule has 14 heavy (non-hydrogen) atoms. The Kier molecular flexibility index (Phi) is 2.40. The molecule has 2 aliphatic rings. The largest absolute Gasteiger partial charge is 0.465 e. The van der Waals surface area contributed by atoms with Gasteiger partial charge in [-0.25, -0.2) is 0 Å². The Hall–Kier alpha value is -1.12. The molecule has 0 unspecified atom stereocenters. The average Bonchev–Trinajstić information content (AvgIpc) is 2.63. The van der Waals surface area contributed by atoms with Crippen LogP contribution >= 0.6 is 0 Å². The molecule has 2 aliphatic carbocycles. The van der Waals surface area contributed by atoms with Gasteiger partial charge in [-0.1, -0.05) is 5.57 Å². The van der Waals surface area contributed by atoms with Crippen LogP contribution in [0.4, 0.5) is 0 Å². The summed E-state index contributed by atoms with van der Waals surface area (Å²) in [6.45, 7) is 2.12. The molecule has 1 fully saturated rings. The van der Waals surface area contributed by atoms with Crippen molar-refractivity contribution in [3.8, 4) is 0 Å². The first-order valence-electron chi connectivity index (χ1n) is 5.15. The number of ether oxygens (including phenoxy) is 1. The van der Waals surface area contributed by atoms with Crippen LogP contribution in [-0.2, 0) is 14.3 Å². The summed E-state index contributed by atoms with van der Waals surface area (Å²) in [5.41, 5.74) is 1.16. The lowest BCUT2D eigenvalue weighted by atomic mass is 9.92. The molecule has 1 saturated carbocycles. The Morgan fingerprint density at radius 1 is 1.64 bits per heavy atom. The molecular formula is C11H14O3. The zero-order chi connectivity index (χ0) is 10.1. The van der Waals surface area contributed by atoms with Crippen molar-refractivity contribution in [3.63, 3.8) is 0 Å². The summed E-state index contributed by atoms with van der Waals surface area (Å²) >= 11 is 0. The molecule has 0 aromatic carbocycles. The average molecular weight is 194 g/mol. The fraction of sp³-hybridized carbons (Fsp3) is 0.636. The van der Waals surface area contributed by atoms with Gasteiger partial charge in [0.1, 0.15) is 5.92 Å². The van der Waals surface area contributed by atoms with Crippen LogP contribution in [0.2, 0.25) is 0 Å². The highest BCUT2D eigenvalue weighted by molar-refractivity contribution is 6.08. The Morgan fingerprint density at radius 2 is 2.43 bits per heavy atom. The lowest BCUT2D eigenvalue weighted by molar-refractivity contribution is -0.151. The topological polar surface area (TPSA) is 43.4 Å². The molecule has 0 N–H and O–H groups in total. The number of allylic oxidation sites excluding steroid dienone is 2. The second-order valence-electron chi connectivity index (χ2n) is 3.85. The van der Waals surface area contributed by atoms with Gasteiger partial charge in [0.25, 0.3) is 0 Å². The number of ketones is 1. The van der Waals surface area contributed by atoms with Crippen LogP contribution in [0.3, 0.4) is 0 Å². The van der Waals surface area contributed by atoms with E-state index >= 15 is 0 Å². The van der Waals surface area contributed by atoms with E-state index in [1.807, 2.05) is 0 Å². The van der Waals surface area contributed by atoms with Gasteiger partial charge in [-0.3, -0.25) is 9.59 Å². The first-order chi connectivity index (χ1) is 6.74. The highest BCUT2D eigenvalue weighted by Gasteiger charge is 2.43. The molecule has 3 nitrogen and oxygen atoms in total. The van der Waals surface area contributed by atoms with Crippen molar-refractivity contribution in [3.05, 3.63) is 11.6 Å². The molecule has 0 radical (unpaired) electrons. The monoisotopic (exact) mass is 194 g/mol. The minimum absolute atomic E-state index is 0.0526. The molecule has 0 aliphatic heterocycles. The number of carbonyl (C=O) groups is 2. The van der Waals surface area contributed by atoms with Gasteiger partial charge in [0.2, 0.25) is 0 Å². The highest BCUT2D eigenvalue weighted by atomic mass is 16.5. The van der Waals surface area contributed by atoms with E-state index < -0.39 is 5.92 Å². The third kappa shape index (κ3) is 1.37. The summed E-state index contributed by atoms with van der Waals surface area (Å²) in [7, 11) is 0. The Bertz CT molecular complexity index is 304. The lowest BCUT2D eigenvalue weighted by Crippen LogP contribution is -2.27. The first-order valence-corrected chi connectivity index (χ1v) is 5.15. The molecule has 3 heteroatoms. The molecule has 0 heterocycles. The number of hydrogen-bond acceptors (Lipinski definition) is 3. The number of carbonyl (C=O) groups excluding carboxylic acids is 2. The van der Waals surface area contributed by atoms with E-state index in [4.69, 9.17) is 4.74 Å². The summed E-state index contributed by atoms with van der Waals surface area (Å²) in [4.78, 5) is 23.0. The standard InChI is InChI=1S/C11H14O3/c1-2-14-11(13)10-8-5-3-4-7(8)6-9(10)12/h6,8,10H,2-5H2,1H3/t8-,10+/m0/s1. The zero-order valence-corrected chi connectivity index (χ0v) is 8.29. The van der Waals surface area contributed by atoms with E-state index in [0.717, 1.165) is 24.8 Å². The maximum absolute atomic E-state index is 11.5. The van der Waals surface area contributed by atoms with Crippen molar-refractivity contribution in [1.82, 2.24) is 0 Å². The lowest BCUT2D eigenvalue weighted by Gasteiger charge is -2.14. The fourth-order valence-corrected chi connectivity index (χ4v) is 2.44. The predicted octanol–water partition coefficient (Wildman–Crippen LogP) is 1.47. The number of rotatable bonds is 2. The third-order valence-electron chi connectivity index (χ3n) is 3.03. The second-order valence-corrected chi connectivity index (χ2v) is 3.85. The van der Waals surface area contributed by atoms with E-state index in [-0.39, 0.29) is 17.7 Å². The van der Waals surface area contributed by atoms with E-state index in [0.29, 0.717) is 6.61 Å². The minimum Gasteiger partial charge on any atom is -0.465 e. The van der Waals surface area contributed by atoms with Crippen LogP contribution < -0.4 is 0 Å². The van der Waals surface area contributed by atoms with Crippen molar-refractivity contribution in [2.24, 2.45) is 11.8 Å². The van der Waals surface area contributed by atoms with Crippen LogP contribution in [0, 0.1) is 11.8 Å². The summed E-state index contributed by atoms with van der Waals surface area (Å²) < 4.78 is 4.91. The van der Waals surface area contributed by atoms with Crippen molar-refractivity contribution < 1.29 is 14.3 Å². The van der Waals surface area contributed by atoms with E-state index in [2.05, 4.69) is 0 Å². The van der Waals surface area contributed by atoms with Gasteiger partial charge >= 0.3 is 5.97 Å². The van der Waals surface area contributed by atoms with Crippen molar-refractivity contribution in [2.75, 3.05) is 6.61 Å². The normalized spacial score (nSPS) is 30.1. The predicted molar refractivity (Wildman–Crippen MR) is 50.6 cm³/mol. The minimum atomic E-state index is -0.521. The van der Waals surface area contributed by atoms with Crippen molar-refractivity contribution >= 4 is 11.8 Å². The summed E-state index contributed by atoms with van der Waals surface area (Å²) in [6, 6.07) is 0. The molecule has 76 valence electrons. The van der Waals surface area contributed by atoms with Crippen molar-refractivity contribution in [2.45, 2.75) is 26.2 Å². The van der Waals surface area contributed by atoms with E-state index in [1.165, 1.54) is 0 Å². The maximum atomic E-state index is 11.5. The Balaban J connectivity index is 2.14. The third-order valence-corrected chi connectivity index (χ3v) is 3.03. The number of esters is 1. The molecule has 2 rings (SSSR count). The molecule has 0 bridgehead atoms. The number of fused-ring (bicyclic) bond motifs is 1. The SMILES string of the molecule is CCOC(=O)[C@H]1C(=O)C=C2CCC[C@@H]21. The summed E-state index contributed by atoms with van der Waals surface area (Å²) in [6.07, 6.45) is 4.69. The van der Waals surface area contributed by atoms with Gasteiger partial charge in [-0.2, -0.15) is 0 Å². The van der Waals surface area contributed by atoms with Crippen LogP contribution in [0.25, 0.3) is 0 Å². The zero-order valence-electron chi connectivity index (χ0n) is 8.29. The van der Waals surface area contributed by atoms with Gasteiger partial charge in [0.15, 0.2) is 5.78 Å². The van der Waals surface area contributed by atoms with Crippen LogP contribution in [-0.4, -0.2) is 18.4 Å². The maximum Gasteiger partial charge on any atom is 0.317 e. The van der Waals surface area contributed by atoms with Gasteiger partial charge in [-0.05, 0) is 32.3 Å². The molecule has 2 atom stereocenters. The highest BCUT2D eigenvalue weighted by Crippen LogP contribution is 2.42. The van der Waals surface area contributed by atoms with Gasteiger partial charge < -0.3 is 4.74 Å². The molecule has 0 saturated heterocycles.